The molecule has 0 bridgehead atoms. The molecule has 0 aliphatic carbocycles. The van der Waals surface area contributed by atoms with Crippen molar-refractivity contribution in [2.45, 2.75) is 39.5 Å². The molecular formula is C15H25NO2. The first-order valence-electron chi connectivity index (χ1n) is 6.68. The third-order valence-corrected chi connectivity index (χ3v) is 3.02. The quantitative estimate of drug-likeness (QED) is 0.732. The molecule has 0 amide bonds. The lowest BCUT2D eigenvalue weighted by Gasteiger charge is -2.17. The van der Waals surface area contributed by atoms with Gasteiger partial charge in [0.05, 0.1) is 13.2 Å². The van der Waals surface area contributed by atoms with Gasteiger partial charge in [-0.25, -0.2) is 0 Å². The zero-order valence-electron chi connectivity index (χ0n) is 11.7. The average molecular weight is 251 g/mol. The van der Waals surface area contributed by atoms with Gasteiger partial charge in [0.2, 0.25) is 0 Å². The Hall–Kier alpha value is -0.900. The minimum atomic E-state index is 0.412. The van der Waals surface area contributed by atoms with Crippen molar-refractivity contribution >= 4 is 0 Å². The summed E-state index contributed by atoms with van der Waals surface area (Å²) in [5.41, 5.74) is 2.57. The molecule has 0 fully saturated rings. The molecule has 0 heterocycles. The van der Waals surface area contributed by atoms with E-state index < -0.39 is 0 Å². The monoisotopic (exact) mass is 251 g/mol. The van der Waals surface area contributed by atoms with Gasteiger partial charge in [0, 0.05) is 26.3 Å². The second kappa shape index (κ2) is 9.09. The van der Waals surface area contributed by atoms with Crippen LogP contribution in [0.4, 0.5) is 0 Å². The molecule has 1 aromatic carbocycles. The highest BCUT2D eigenvalue weighted by Crippen LogP contribution is 2.10. The molecule has 3 nitrogen and oxygen atoms in total. The minimum absolute atomic E-state index is 0.412. The lowest BCUT2D eigenvalue weighted by atomic mass is 10.1. The van der Waals surface area contributed by atoms with E-state index in [1.165, 1.54) is 11.1 Å². The van der Waals surface area contributed by atoms with E-state index in [0.717, 1.165) is 26.2 Å². The highest BCUT2D eigenvalue weighted by atomic mass is 16.5. The lowest BCUT2D eigenvalue weighted by Crippen LogP contribution is -2.32. The molecular weight excluding hydrogens is 226 g/mol. The first kappa shape index (κ1) is 15.2. The molecule has 1 unspecified atom stereocenters. The topological polar surface area (TPSA) is 30.5 Å². The summed E-state index contributed by atoms with van der Waals surface area (Å²) in [6.45, 7) is 7.25. The maximum Gasteiger partial charge on any atom is 0.0719 e. The average Bonchev–Trinajstić information content (AvgIpc) is 2.42. The van der Waals surface area contributed by atoms with Gasteiger partial charge in [-0.15, -0.1) is 0 Å². The van der Waals surface area contributed by atoms with Gasteiger partial charge in [-0.3, -0.25) is 0 Å². The molecule has 102 valence electrons. The van der Waals surface area contributed by atoms with E-state index in [-0.39, 0.29) is 0 Å². The zero-order chi connectivity index (χ0) is 13.2. The largest absolute Gasteiger partial charge is 0.383 e. The summed E-state index contributed by atoms with van der Waals surface area (Å²) >= 11 is 0. The van der Waals surface area contributed by atoms with E-state index in [4.69, 9.17) is 9.47 Å². The van der Waals surface area contributed by atoms with Gasteiger partial charge in [0.15, 0.2) is 0 Å². The molecule has 0 radical (unpaired) electrons. The summed E-state index contributed by atoms with van der Waals surface area (Å²) in [4.78, 5) is 0. The Kier molecular flexibility index (Phi) is 7.65. The van der Waals surface area contributed by atoms with Gasteiger partial charge in [-0.1, -0.05) is 31.2 Å². The van der Waals surface area contributed by atoms with Gasteiger partial charge in [0.25, 0.3) is 0 Å². The summed E-state index contributed by atoms with van der Waals surface area (Å²) in [6.07, 6.45) is 1.07. The van der Waals surface area contributed by atoms with Crippen LogP contribution in [-0.2, 0) is 22.6 Å². The van der Waals surface area contributed by atoms with E-state index in [0.29, 0.717) is 12.6 Å². The number of hydrogen-bond acceptors (Lipinski definition) is 3. The van der Waals surface area contributed by atoms with Gasteiger partial charge in [0.1, 0.15) is 0 Å². The standard InChI is InChI=1S/C15H25NO2/c1-4-15(12-17-3)16-10-13-8-6-7-9-14(13)11-18-5-2/h6-9,15-16H,4-5,10-12H2,1-3H3. The normalized spacial score (nSPS) is 12.6. The van der Waals surface area contributed by atoms with E-state index in [1.54, 1.807) is 7.11 Å². The highest BCUT2D eigenvalue weighted by Gasteiger charge is 2.07. The second-order valence-electron chi connectivity index (χ2n) is 4.35. The molecule has 1 rings (SSSR count). The van der Waals surface area contributed by atoms with Crippen molar-refractivity contribution < 1.29 is 9.47 Å². The molecule has 1 aromatic rings. The first-order valence-corrected chi connectivity index (χ1v) is 6.68. The summed E-state index contributed by atoms with van der Waals surface area (Å²) in [5.74, 6) is 0. The van der Waals surface area contributed by atoms with Gasteiger partial charge >= 0.3 is 0 Å². The smallest absolute Gasteiger partial charge is 0.0719 e. The second-order valence-corrected chi connectivity index (χ2v) is 4.35. The molecule has 0 saturated heterocycles. The van der Waals surface area contributed by atoms with Crippen LogP contribution in [-0.4, -0.2) is 26.4 Å². The summed E-state index contributed by atoms with van der Waals surface area (Å²) in [5, 5.41) is 3.52. The zero-order valence-corrected chi connectivity index (χ0v) is 11.7. The van der Waals surface area contributed by atoms with Crippen molar-refractivity contribution in [2.75, 3.05) is 20.3 Å². The van der Waals surface area contributed by atoms with Crippen LogP contribution >= 0.6 is 0 Å². The predicted octanol–water partition coefficient (Wildman–Crippen LogP) is 2.74. The van der Waals surface area contributed by atoms with E-state index >= 15 is 0 Å². The Bertz CT molecular complexity index is 328. The van der Waals surface area contributed by atoms with Crippen LogP contribution in [0.2, 0.25) is 0 Å². The van der Waals surface area contributed by atoms with Crippen molar-refractivity contribution in [3.05, 3.63) is 35.4 Å². The number of methoxy groups -OCH3 is 1. The summed E-state index contributed by atoms with van der Waals surface area (Å²) < 4.78 is 10.7. The summed E-state index contributed by atoms with van der Waals surface area (Å²) in [6, 6.07) is 8.83. The molecule has 1 N–H and O–H groups in total. The predicted molar refractivity (Wildman–Crippen MR) is 74.6 cm³/mol. The molecule has 18 heavy (non-hydrogen) atoms. The minimum Gasteiger partial charge on any atom is -0.383 e. The van der Waals surface area contributed by atoms with E-state index in [2.05, 4.69) is 36.5 Å². The number of nitrogens with one attached hydrogen (secondary N) is 1. The van der Waals surface area contributed by atoms with Gasteiger partial charge < -0.3 is 14.8 Å². The number of hydrogen-bond donors (Lipinski definition) is 1. The number of rotatable bonds is 9. The Balaban J connectivity index is 2.54. The van der Waals surface area contributed by atoms with Crippen LogP contribution in [0.15, 0.2) is 24.3 Å². The third-order valence-electron chi connectivity index (χ3n) is 3.02. The Labute approximate surface area is 110 Å². The number of benzene rings is 1. The molecule has 0 spiro atoms. The number of ether oxygens (including phenoxy) is 2. The van der Waals surface area contributed by atoms with Crippen LogP contribution < -0.4 is 5.32 Å². The molecule has 0 aliphatic heterocycles. The molecule has 1 atom stereocenters. The van der Waals surface area contributed by atoms with Crippen molar-refractivity contribution in [3.63, 3.8) is 0 Å². The van der Waals surface area contributed by atoms with Crippen LogP contribution in [0.5, 0.6) is 0 Å². The Morgan fingerprint density at radius 2 is 1.89 bits per heavy atom. The van der Waals surface area contributed by atoms with Gasteiger partial charge in [-0.05, 0) is 24.5 Å². The highest BCUT2D eigenvalue weighted by molar-refractivity contribution is 5.26. The van der Waals surface area contributed by atoms with Crippen molar-refractivity contribution in [1.82, 2.24) is 5.32 Å². The lowest BCUT2D eigenvalue weighted by molar-refractivity contribution is 0.133. The maximum atomic E-state index is 5.49. The fraction of sp³-hybridized carbons (Fsp3) is 0.600. The Morgan fingerprint density at radius 1 is 1.17 bits per heavy atom. The van der Waals surface area contributed by atoms with Crippen LogP contribution in [0.25, 0.3) is 0 Å². The molecule has 3 heteroatoms. The molecule has 0 aliphatic rings. The van der Waals surface area contributed by atoms with Crippen LogP contribution in [0, 0.1) is 0 Å². The van der Waals surface area contributed by atoms with Crippen molar-refractivity contribution in [3.8, 4) is 0 Å². The third kappa shape index (κ3) is 5.17. The van der Waals surface area contributed by atoms with Crippen molar-refractivity contribution in [2.24, 2.45) is 0 Å². The fourth-order valence-corrected chi connectivity index (χ4v) is 1.86. The fourth-order valence-electron chi connectivity index (χ4n) is 1.86. The van der Waals surface area contributed by atoms with E-state index in [9.17, 15) is 0 Å². The van der Waals surface area contributed by atoms with Crippen LogP contribution in [0.1, 0.15) is 31.4 Å². The van der Waals surface area contributed by atoms with Crippen LogP contribution in [0.3, 0.4) is 0 Å². The van der Waals surface area contributed by atoms with E-state index in [1.807, 2.05) is 6.92 Å². The Morgan fingerprint density at radius 3 is 2.50 bits per heavy atom. The van der Waals surface area contributed by atoms with Crippen molar-refractivity contribution in [1.29, 1.82) is 0 Å². The molecule has 0 saturated carbocycles. The first-order chi connectivity index (χ1) is 8.81. The molecule has 0 aromatic heterocycles. The maximum absolute atomic E-state index is 5.49. The summed E-state index contributed by atoms with van der Waals surface area (Å²) in [7, 11) is 1.74. The SMILES string of the molecule is CCOCc1ccccc1CNC(CC)COC. The van der Waals surface area contributed by atoms with Gasteiger partial charge in [-0.2, -0.15) is 0 Å².